The number of alkyl halides is 3. The zero-order chi connectivity index (χ0) is 24.0. The number of rotatable bonds is 5. The minimum atomic E-state index is -4.78. The molecule has 9 heteroatoms. The summed E-state index contributed by atoms with van der Waals surface area (Å²) in [4.78, 5) is 12.9. The molecule has 0 saturated carbocycles. The van der Waals surface area contributed by atoms with E-state index in [1.54, 1.807) is 12.1 Å². The lowest BCUT2D eigenvalue weighted by atomic mass is 9.76. The summed E-state index contributed by atoms with van der Waals surface area (Å²) in [6.07, 6.45) is -3.46. The molecule has 1 atom stereocenters. The molecule has 0 radical (unpaired) electrons. The normalized spacial score (nSPS) is 16.2. The van der Waals surface area contributed by atoms with Crippen LogP contribution in [0.1, 0.15) is 42.0 Å². The number of ether oxygens (including phenoxy) is 1. The van der Waals surface area contributed by atoms with Crippen LogP contribution >= 0.6 is 0 Å². The van der Waals surface area contributed by atoms with E-state index in [0.717, 1.165) is 41.2 Å². The smallest absolute Gasteiger partial charge is 0.406 e. The number of Topliss-reactive ketones (excluding diaryl/α,β-unsaturated/α-hetero) is 1. The predicted molar refractivity (Wildman–Crippen MR) is 120 cm³/mol. The third kappa shape index (κ3) is 5.13. The van der Waals surface area contributed by atoms with Crippen LogP contribution in [0.2, 0.25) is 0 Å². The van der Waals surface area contributed by atoms with Gasteiger partial charge in [-0.15, -0.1) is 13.2 Å². The summed E-state index contributed by atoms with van der Waals surface area (Å²) in [5, 5.41) is 0. The number of ketones is 1. The van der Waals surface area contributed by atoms with Crippen LogP contribution < -0.4 is 9.46 Å². The fourth-order valence-corrected chi connectivity index (χ4v) is 4.97. The molecular formula is C24H23F3N2O3S. The molecule has 1 N–H and O–H groups in total. The number of hydrogen-bond donors (Lipinski definition) is 1. The first-order valence-electron chi connectivity index (χ1n) is 10.3. The average Bonchev–Trinajstić information content (AvgIpc) is 3.03. The number of carbonyl (C=O) groups is 1. The summed E-state index contributed by atoms with van der Waals surface area (Å²) in [7, 11) is -1.67. The zero-order valence-electron chi connectivity index (χ0n) is 18.3. The Bertz CT molecular complexity index is 1210. The van der Waals surface area contributed by atoms with Crippen molar-refractivity contribution in [3.05, 3.63) is 71.5 Å². The summed E-state index contributed by atoms with van der Waals surface area (Å²) in [6.45, 7) is 6.14. The van der Waals surface area contributed by atoms with Crippen molar-refractivity contribution in [1.82, 2.24) is 4.57 Å². The minimum Gasteiger partial charge on any atom is -0.406 e. The lowest BCUT2D eigenvalue weighted by Gasteiger charge is -2.30. The number of fused-ring (bicyclic) bond motifs is 1. The number of halogens is 3. The van der Waals surface area contributed by atoms with Gasteiger partial charge in [-0.3, -0.25) is 4.79 Å². The van der Waals surface area contributed by atoms with Crippen molar-refractivity contribution in [3.63, 3.8) is 0 Å². The van der Waals surface area contributed by atoms with Crippen LogP contribution in [0.15, 0.2) is 59.5 Å². The quantitative estimate of drug-likeness (QED) is 0.493. The second-order valence-corrected chi connectivity index (χ2v) is 10.1. The number of aryl methyl sites for hydroxylation is 1. The fourth-order valence-electron chi connectivity index (χ4n) is 4.12. The maximum atomic E-state index is 12.6. The molecule has 0 spiro atoms. The van der Waals surface area contributed by atoms with Crippen molar-refractivity contribution >= 4 is 22.5 Å². The third-order valence-electron chi connectivity index (χ3n) is 5.48. The lowest BCUT2D eigenvalue weighted by Crippen LogP contribution is -2.27. The summed E-state index contributed by atoms with van der Waals surface area (Å²) in [5.74, 6) is -0.219. The van der Waals surface area contributed by atoms with Gasteiger partial charge < -0.3 is 14.0 Å². The highest BCUT2D eigenvalue weighted by molar-refractivity contribution is 7.86. The Morgan fingerprint density at radius 1 is 1.03 bits per heavy atom. The van der Waals surface area contributed by atoms with Crippen LogP contribution in [-0.2, 0) is 17.4 Å². The van der Waals surface area contributed by atoms with Gasteiger partial charge in [0, 0.05) is 34.7 Å². The topological polar surface area (TPSA) is 60.3 Å². The highest BCUT2D eigenvalue weighted by atomic mass is 32.2. The van der Waals surface area contributed by atoms with Crippen LogP contribution in [-0.4, -0.2) is 20.9 Å². The van der Waals surface area contributed by atoms with Gasteiger partial charge in [-0.05, 0) is 73.4 Å². The van der Waals surface area contributed by atoms with E-state index in [1.807, 2.05) is 25.1 Å². The lowest BCUT2D eigenvalue weighted by molar-refractivity contribution is -0.274. The standard InChI is InChI=1S/C24H23F3N2O3S/c1-15-12-20-21(13-23(2,3)14-22(20)30)29(15)17-6-4-16(5-7-17)28-33(31)19-10-8-18(9-11-19)32-24(25,26)27/h4-12,28H,13-14H2,1-3H3. The van der Waals surface area contributed by atoms with E-state index in [2.05, 4.69) is 27.9 Å². The first kappa shape index (κ1) is 23.1. The molecule has 1 aliphatic rings. The van der Waals surface area contributed by atoms with Gasteiger partial charge in [-0.1, -0.05) is 13.8 Å². The third-order valence-corrected chi connectivity index (χ3v) is 6.60. The van der Waals surface area contributed by atoms with Gasteiger partial charge in [0.1, 0.15) is 16.7 Å². The number of nitrogens with one attached hydrogen (secondary N) is 1. The summed E-state index contributed by atoms with van der Waals surface area (Å²) in [5.41, 5.74) is 4.11. The Labute approximate surface area is 192 Å². The van der Waals surface area contributed by atoms with Gasteiger partial charge >= 0.3 is 6.36 Å². The van der Waals surface area contributed by atoms with Gasteiger partial charge in [0.25, 0.3) is 0 Å². The molecule has 1 aliphatic carbocycles. The van der Waals surface area contributed by atoms with Crippen molar-refractivity contribution in [2.45, 2.75) is 44.9 Å². The van der Waals surface area contributed by atoms with E-state index < -0.39 is 17.3 Å². The van der Waals surface area contributed by atoms with Crippen molar-refractivity contribution in [2.75, 3.05) is 4.72 Å². The van der Waals surface area contributed by atoms with Gasteiger partial charge in [0.2, 0.25) is 0 Å². The monoisotopic (exact) mass is 476 g/mol. The van der Waals surface area contributed by atoms with Gasteiger partial charge in [0.15, 0.2) is 5.78 Å². The van der Waals surface area contributed by atoms with Gasteiger partial charge in [0.05, 0.1) is 4.90 Å². The van der Waals surface area contributed by atoms with E-state index in [-0.39, 0.29) is 16.9 Å². The van der Waals surface area contributed by atoms with Crippen LogP contribution in [0.25, 0.3) is 5.69 Å². The molecule has 0 fully saturated rings. The number of hydrogen-bond acceptors (Lipinski definition) is 3. The maximum absolute atomic E-state index is 12.6. The predicted octanol–water partition coefficient (Wildman–Crippen LogP) is 5.97. The van der Waals surface area contributed by atoms with Crippen molar-refractivity contribution in [3.8, 4) is 11.4 Å². The van der Waals surface area contributed by atoms with E-state index in [1.165, 1.54) is 12.1 Å². The van der Waals surface area contributed by atoms with Crippen molar-refractivity contribution < 1.29 is 26.9 Å². The van der Waals surface area contributed by atoms with E-state index in [4.69, 9.17) is 0 Å². The van der Waals surface area contributed by atoms with Crippen molar-refractivity contribution in [2.24, 2.45) is 5.41 Å². The summed E-state index contributed by atoms with van der Waals surface area (Å²) < 4.78 is 58.2. The molecule has 2 aromatic carbocycles. The van der Waals surface area contributed by atoms with Crippen LogP contribution in [0.4, 0.5) is 18.9 Å². The SMILES string of the molecule is Cc1cc2c(n1-c1ccc(NS(=O)c3ccc(OC(F)(F)F)cc3)cc1)CC(C)(C)CC2=O. The van der Waals surface area contributed by atoms with E-state index in [9.17, 15) is 22.2 Å². The molecule has 0 bridgehead atoms. The minimum absolute atomic E-state index is 0.105. The molecule has 0 aliphatic heterocycles. The van der Waals surface area contributed by atoms with Crippen LogP contribution in [0.3, 0.4) is 0 Å². The first-order chi connectivity index (χ1) is 15.4. The number of aromatic nitrogens is 1. The Hall–Kier alpha value is -3.07. The maximum Gasteiger partial charge on any atom is 0.573 e. The summed E-state index contributed by atoms with van der Waals surface area (Å²) >= 11 is 0. The van der Waals surface area contributed by atoms with Gasteiger partial charge in [-0.2, -0.15) is 0 Å². The molecule has 1 heterocycles. The molecule has 4 rings (SSSR count). The number of anilines is 1. The summed E-state index contributed by atoms with van der Waals surface area (Å²) in [6, 6.07) is 14.1. The number of nitrogens with zero attached hydrogens (tertiary/aromatic N) is 1. The molecule has 3 aromatic rings. The molecule has 0 saturated heterocycles. The number of carbonyl (C=O) groups excluding carboxylic acids is 1. The highest BCUT2D eigenvalue weighted by Gasteiger charge is 2.34. The second kappa shape index (κ2) is 8.37. The molecule has 5 nitrogen and oxygen atoms in total. The molecule has 33 heavy (non-hydrogen) atoms. The molecule has 1 unspecified atom stereocenters. The zero-order valence-corrected chi connectivity index (χ0v) is 19.1. The first-order valence-corrected chi connectivity index (χ1v) is 11.5. The molecular weight excluding hydrogens is 453 g/mol. The highest BCUT2D eigenvalue weighted by Crippen LogP contribution is 2.37. The average molecular weight is 477 g/mol. The van der Waals surface area contributed by atoms with Gasteiger partial charge in [-0.25, -0.2) is 4.21 Å². The Morgan fingerprint density at radius 3 is 2.27 bits per heavy atom. The molecule has 0 amide bonds. The van der Waals surface area contributed by atoms with E-state index in [0.29, 0.717) is 17.0 Å². The Kier molecular flexibility index (Phi) is 5.86. The van der Waals surface area contributed by atoms with E-state index >= 15 is 0 Å². The largest absolute Gasteiger partial charge is 0.573 e. The molecule has 1 aromatic heterocycles. The fraction of sp³-hybridized carbons (Fsp3) is 0.292. The van der Waals surface area contributed by atoms with Crippen LogP contribution in [0.5, 0.6) is 5.75 Å². The second-order valence-electron chi connectivity index (χ2n) is 8.86. The number of benzene rings is 2. The Morgan fingerprint density at radius 2 is 1.67 bits per heavy atom. The Balaban J connectivity index is 1.51. The van der Waals surface area contributed by atoms with Crippen molar-refractivity contribution in [1.29, 1.82) is 0 Å². The molecule has 174 valence electrons. The van der Waals surface area contributed by atoms with Crippen LogP contribution in [0, 0.1) is 12.3 Å².